The summed E-state index contributed by atoms with van der Waals surface area (Å²) in [5.74, 6) is -0.101. The molecular formula is C9H11ClFN. The van der Waals surface area contributed by atoms with Gasteiger partial charge < -0.3 is 5.73 Å². The lowest BCUT2D eigenvalue weighted by Crippen LogP contribution is -2.19. The van der Waals surface area contributed by atoms with Gasteiger partial charge >= 0.3 is 0 Å². The molecule has 1 aromatic carbocycles. The molecule has 12 heavy (non-hydrogen) atoms. The van der Waals surface area contributed by atoms with E-state index in [-0.39, 0.29) is 24.3 Å². The van der Waals surface area contributed by atoms with Crippen molar-refractivity contribution in [3.05, 3.63) is 35.1 Å². The minimum atomic E-state index is -0.101. The van der Waals surface area contributed by atoms with E-state index in [0.717, 1.165) is 17.5 Å². The molecule has 0 amide bonds. The number of hydrogen-bond donors (Lipinski definition) is 1. The van der Waals surface area contributed by atoms with Crippen molar-refractivity contribution in [2.75, 3.05) is 0 Å². The molecule has 0 spiro atoms. The fraction of sp³-hybridized carbons (Fsp3) is 0.333. The van der Waals surface area contributed by atoms with E-state index in [0.29, 0.717) is 6.42 Å². The molecule has 0 heterocycles. The van der Waals surface area contributed by atoms with E-state index in [4.69, 9.17) is 5.73 Å². The zero-order valence-electron chi connectivity index (χ0n) is 6.59. The third kappa shape index (κ3) is 1.45. The predicted octanol–water partition coefficient (Wildman–Crippen LogP) is 1.67. The SMILES string of the molecule is Cl.NC1Cc2cccc(F)c2C1. The number of benzene rings is 1. The molecule has 66 valence electrons. The van der Waals surface area contributed by atoms with Gasteiger partial charge in [0.05, 0.1) is 0 Å². The van der Waals surface area contributed by atoms with Crippen molar-refractivity contribution in [1.29, 1.82) is 0 Å². The Bertz CT molecular complexity index is 288. The third-order valence-corrected chi connectivity index (χ3v) is 2.16. The monoisotopic (exact) mass is 187 g/mol. The number of halogens is 2. The summed E-state index contributed by atoms with van der Waals surface area (Å²) >= 11 is 0. The summed E-state index contributed by atoms with van der Waals surface area (Å²) in [7, 11) is 0. The molecule has 1 aromatic rings. The standard InChI is InChI=1S/C9H10FN.ClH/c10-9-3-1-2-6-4-7(11)5-8(6)9;/h1-3,7H,4-5,11H2;1H. The molecule has 1 aliphatic rings. The van der Waals surface area contributed by atoms with Crippen LogP contribution in [0.4, 0.5) is 4.39 Å². The zero-order chi connectivity index (χ0) is 7.84. The van der Waals surface area contributed by atoms with Gasteiger partial charge in [-0.05, 0) is 30.0 Å². The Morgan fingerprint density at radius 3 is 2.75 bits per heavy atom. The second kappa shape index (κ2) is 3.42. The van der Waals surface area contributed by atoms with Crippen LogP contribution in [-0.2, 0) is 12.8 Å². The minimum Gasteiger partial charge on any atom is -0.327 e. The fourth-order valence-corrected chi connectivity index (χ4v) is 1.64. The summed E-state index contributed by atoms with van der Waals surface area (Å²) in [4.78, 5) is 0. The maximum Gasteiger partial charge on any atom is 0.126 e. The second-order valence-corrected chi connectivity index (χ2v) is 3.05. The van der Waals surface area contributed by atoms with Crippen molar-refractivity contribution in [3.8, 4) is 0 Å². The highest BCUT2D eigenvalue weighted by molar-refractivity contribution is 5.85. The number of fused-ring (bicyclic) bond motifs is 1. The Balaban J connectivity index is 0.000000720. The molecule has 1 aliphatic carbocycles. The lowest BCUT2D eigenvalue weighted by molar-refractivity contribution is 0.606. The summed E-state index contributed by atoms with van der Waals surface area (Å²) in [6, 6.07) is 5.32. The van der Waals surface area contributed by atoms with Gasteiger partial charge in [0.2, 0.25) is 0 Å². The number of rotatable bonds is 0. The lowest BCUT2D eigenvalue weighted by Gasteiger charge is -1.97. The molecule has 2 rings (SSSR count). The largest absolute Gasteiger partial charge is 0.327 e. The van der Waals surface area contributed by atoms with Crippen LogP contribution in [0.25, 0.3) is 0 Å². The van der Waals surface area contributed by atoms with E-state index in [1.54, 1.807) is 6.07 Å². The van der Waals surface area contributed by atoms with Crippen LogP contribution >= 0.6 is 12.4 Å². The Morgan fingerprint density at radius 1 is 1.33 bits per heavy atom. The van der Waals surface area contributed by atoms with Crippen LogP contribution in [-0.4, -0.2) is 6.04 Å². The van der Waals surface area contributed by atoms with Crippen molar-refractivity contribution in [2.45, 2.75) is 18.9 Å². The highest BCUT2D eigenvalue weighted by atomic mass is 35.5. The average molecular weight is 188 g/mol. The average Bonchev–Trinajstić information content (AvgIpc) is 2.31. The summed E-state index contributed by atoms with van der Waals surface area (Å²) in [5, 5.41) is 0. The summed E-state index contributed by atoms with van der Waals surface area (Å²) in [5.41, 5.74) is 7.59. The van der Waals surface area contributed by atoms with E-state index >= 15 is 0 Å². The summed E-state index contributed by atoms with van der Waals surface area (Å²) in [6.45, 7) is 0. The van der Waals surface area contributed by atoms with Crippen molar-refractivity contribution in [1.82, 2.24) is 0 Å². The Morgan fingerprint density at radius 2 is 2.08 bits per heavy atom. The van der Waals surface area contributed by atoms with Crippen molar-refractivity contribution in [2.24, 2.45) is 5.73 Å². The predicted molar refractivity (Wildman–Crippen MR) is 49.0 cm³/mol. The van der Waals surface area contributed by atoms with Crippen LogP contribution in [0, 0.1) is 5.82 Å². The molecule has 0 bridgehead atoms. The van der Waals surface area contributed by atoms with E-state index in [1.165, 1.54) is 6.07 Å². The quantitative estimate of drug-likeness (QED) is 0.657. The van der Waals surface area contributed by atoms with Crippen LogP contribution in [0.5, 0.6) is 0 Å². The van der Waals surface area contributed by atoms with Crippen molar-refractivity contribution < 1.29 is 4.39 Å². The molecule has 0 saturated carbocycles. The van der Waals surface area contributed by atoms with Crippen LogP contribution < -0.4 is 5.73 Å². The van der Waals surface area contributed by atoms with Crippen LogP contribution in [0.1, 0.15) is 11.1 Å². The Labute approximate surface area is 77.2 Å². The van der Waals surface area contributed by atoms with Gasteiger partial charge in [-0.15, -0.1) is 12.4 Å². The normalized spacial score (nSPS) is 20.0. The van der Waals surface area contributed by atoms with Crippen LogP contribution in [0.3, 0.4) is 0 Å². The van der Waals surface area contributed by atoms with Gasteiger partial charge in [-0.3, -0.25) is 0 Å². The second-order valence-electron chi connectivity index (χ2n) is 3.05. The molecule has 0 fully saturated rings. The first kappa shape index (κ1) is 9.49. The van der Waals surface area contributed by atoms with Gasteiger partial charge in [0.25, 0.3) is 0 Å². The topological polar surface area (TPSA) is 26.0 Å². The maximum atomic E-state index is 13.0. The number of hydrogen-bond acceptors (Lipinski definition) is 1. The Kier molecular flexibility index (Phi) is 2.70. The van der Waals surface area contributed by atoms with Crippen molar-refractivity contribution in [3.63, 3.8) is 0 Å². The first-order valence-corrected chi connectivity index (χ1v) is 3.79. The molecule has 1 unspecified atom stereocenters. The highest BCUT2D eigenvalue weighted by Crippen LogP contribution is 2.23. The van der Waals surface area contributed by atoms with Gasteiger partial charge in [-0.2, -0.15) is 0 Å². The molecule has 1 atom stereocenters. The maximum absolute atomic E-state index is 13.0. The number of nitrogens with two attached hydrogens (primary N) is 1. The van der Waals surface area contributed by atoms with Gasteiger partial charge in [0.1, 0.15) is 5.82 Å². The first-order chi connectivity index (χ1) is 5.27. The molecule has 3 heteroatoms. The summed E-state index contributed by atoms with van der Waals surface area (Å²) in [6.07, 6.45) is 1.52. The molecule has 0 radical (unpaired) electrons. The van der Waals surface area contributed by atoms with Crippen LogP contribution in [0.2, 0.25) is 0 Å². The molecular weight excluding hydrogens is 177 g/mol. The molecule has 0 aromatic heterocycles. The van der Waals surface area contributed by atoms with Gasteiger partial charge in [0.15, 0.2) is 0 Å². The highest BCUT2D eigenvalue weighted by Gasteiger charge is 2.20. The Hall–Kier alpha value is -0.600. The summed E-state index contributed by atoms with van der Waals surface area (Å²) < 4.78 is 13.0. The van der Waals surface area contributed by atoms with E-state index in [2.05, 4.69) is 0 Å². The fourth-order valence-electron chi connectivity index (χ4n) is 1.64. The van der Waals surface area contributed by atoms with E-state index < -0.39 is 0 Å². The zero-order valence-corrected chi connectivity index (χ0v) is 7.40. The minimum absolute atomic E-state index is 0. The molecule has 2 N–H and O–H groups in total. The van der Waals surface area contributed by atoms with E-state index in [9.17, 15) is 4.39 Å². The molecule has 0 aliphatic heterocycles. The van der Waals surface area contributed by atoms with Gasteiger partial charge in [-0.25, -0.2) is 4.39 Å². The van der Waals surface area contributed by atoms with Crippen molar-refractivity contribution >= 4 is 12.4 Å². The van der Waals surface area contributed by atoms with Gasteiger partial charge in [-0.1, -0.05) is 12.1 Å². The first-order valence-electron chi connectivity index (χ1n) is 3.79. The van der Waals surface area contributed by atoms with E-state index in [1.807, 2.05) is 6.07 Å². The van der Waals surface area contributed by atoms with Crippen LogP contribution in [0.15, 0.2) is 18.2 Å². The smallest absolute Gasteiger partial charge is 0.126 e. The molecule has 1 nitrogen and oxygen atoms in total. The van der Waals surface area contributed by atoms with Gasteiger partial charge in [0, 0.05) is 6.04 Å². The molecule has 0 saturated heterocycles. The lowest BCUT2D eigenvalue weighted by atomic mass is 10.1. The third-order valence-electron chi connectivity index (χ3n) is 2.16.